The first-order valence-electron chi connectivity index (χ1n) is 12.4. The van der Waals surface area contributed by atoms with Gasteiger partial charge in [0.25, 0.3) is 5.91 Å². The Morgan fingerprint density at radius 2 is 1.67 bits per heavy atom. The maximum Gasteiger partial charge on any atom is 0.255 e. The number of rotatable bonds is 7. The average molecular weight is 485 g/mol. The second kappa shape index (κ2) is 10.5. The van der Waals surface area contributed by atoms with E-state index in [1.807, 2.05) is 66.7 Å². The van der Waals surface area contributed by atoms with Crippen LogP contribution < -0.4 is 14.8 Å². The normalized spacial score (nSPS) is 15.5. The van der Waals surface area contributed by atoms with E-state index in [1.165, 1.54) is 0 Å². The minimum atomic E-state index is -0.263. The van der Waals surface area contributed by atoms with Gasteiger partial charge in [0.2, 0.25) is 0 Å². The van der Waals surface area contributed by atoms with Crippen molar-refractivity contribution in [3.8, 4) is 11.5 Å². The average Bonchev–Trinajstić information content (AvgIpc) is 3.27. The number of benzene rings is 3. The van der Waals surface area contributed by atoms with Crippen LogP contribution in [0.4, 0.5) is 5.69 Å². The summed E-state index contributed by atoms with van der Waals surface area (Å²) in [4.78, 5) is 15.7. The van der Waals surface area contributed by atoms with Crippen molar-refractivity contribution in [2.24, 2.45) is 5.92 Å². The molecule has 4 aromatic rings. The molecule has 1 saturated heterocycles. The van der Waals surface area contributed by atoms with Gasteiger partial charge in [0.05, 0.1) is 25.9 Å². The largest absolute Gasteiger partial charge is 0.493 e. The van der Waals surface area contributed by atoms with Crippen molar-refractivity contribution in [1.29, 1.82) is 0 Å². The molecule has 1 aromatic heterocycles. The topological polar surface area (TPSA) is 63.9 Å². The molecule has 1 aliphatic heterocycles. The molecular formula is C30H32N2O4. The lowest BCUT2D eigenvalue weighted by atomic mass is 9.93. The molecule has 0 bridgehead atoms. The molecular weight excluding hydrogens is 452 g/mol. The predicted molar refractivity (Wildman–Crippen MR) is 142 cm³/mol. The van der Waals surface area contributed by atoms with E-state index in [4.69, 9.17) is 13.9 Å². The minimum absolute atomic E-state index is 0.174. The first kappa shape index (κ1) is 23.9. The summed E-state index contributed by atoms with van der Waals surface area (Å²) >= 11 is 0. The lowest BCUT2D eigenvalue weighted by Crippen LogP contribution is -2.37. The number of nitrogens with zero attached hydrogens (tertiary/aromatic N) is 1. The fourth-order valence-corrected chi connectivity index (χ4v) is 5.08. The molecule has 6 heteroatoms. The number of nitrogens with one attached hydrogen (secondary N) is 1. The first-order chi connectivity index (χ1) is 17.6. The van der Waals surface area contributed by atoms with E-state index in [1.54, 1.807) is 14.2 Å². The second-order valence-corrected chi connectivity index (χ2v) is 9.36. The first-order valence-corrected chi connectivity index (χ1v) is 12.4. The van der Waals surface area contributed by atoms with Gasteiger partial charge in [-0.15, -0.1) is 0 Å². The van der Waals surface area contributed by atoms with E-state index < -0.39 is 0 Å². The van der Waals surface area contributed by atoms with Gasteiger partial charge in [-0.05, 0) is 62.2 Å². The van der Waals surface area contributed by atoms with Gasteiger partial charge in [-0.2, -0.15) is 0 Å². The molecule has 1 atom stereocenters. The van der Waals surface area contributed by atoms with Crippen LogP contribution in [0.2, 0.25) is 0 Å². The smallest absolute Gasteiger partial charge is 0.255 e. The van der Waals surface area contributed by atoms with Gasteiger partial charge in [-0.1, -0.05) is 49.4 Å². The summed E-state index contributed by atoms with van der Waals surface area (Å²) in [7, 11) is 3.30. The van der Waals surface area contributed by atoms with Gasteiger partial charge in [0.15, 0.2) is 17.3 Å². The number of fused-ring (bicyclic) bond motifs is 1. The molecule has 36 heavy (non-hydrogen) atoms. The number of amides is 1. The highest BCUT2D eigenvalue weighted by Crippen LogP contribution is 2.46. The van der Waals surface area contributed by atoms with Gasteiger partial charge in [-0.3, -0.25) is 9.69 Å². The van der Waals surface area contributed by atoms with Crippen LogP contribution in [0.25, 0.3) is 11.0 Å². The number of carbonyl (C=O) groups is 1. The summed E-state index contributed by atoms with van der Waals surface area (Å²) < 4.78 is 18.1. The van der Waals surface area contributed by atoms with Crippen LogP contribution in [-0.2, 0) is 0 Å². The third-order valence-electron chi connectivity index (χ3n) is 7.06. The lowest BCUT2D eigenvalue weighted by molar-refractivity contribution is 0.102. The number of methoxy groups -OCH3 is 2. The lowest BCUT2D eigenvalue weighted by Gasteiger charge is -2.37. The van der Waals surface area contributed by atoms with Gasteiger partial charge in [0, 0.05) is 16.5 Å². The number of likely N-dealkylation sites (tertiary alicyclic amines) is 1. The van der Waals surface area contributed by atoms with E-state index in [2.05, 4.69) is 23.2 Å². The summed E-state index contributed by atoms with van der Waals surface area (Å²) in [5, 5.41) is 4.05. The molecule has 1 fully saturated rings. The fourth-order valence-electron chi connectivity index (χ4n) is 5.08. The quantitative estimate of drug-likeness (QED) is 0.323. The summed E-state index contributed by atoms with van der Waals surface area (Å²) in [5.41, 5.74) is 2.96. The molecule has 6 nitrogen and oxygen atoms in total. The molecule has 0 aliphatic carbocycles. The van der Waals surface area contributed by atoms with Crippen molar-refractivity contribution in [2.45, 2.75) is 25.8 Å². The molecule has 0 unspecified atom stereocenters. The predicted octanol–water partition coefficient (Wildman–Crippen LogP) is 6.52. The van der Waals surface area contributed by atoms with E-state index in [-0.39, 0.29) is 11.9 Å². The van der Waals surface area contributed by atoms with Crippen LogP contribution in [0.15, 0.2) is 77.2 Å². The van der Waals surface area contributed by atoms with Crippen molar-refractivity contribution in [3.63, 3.8) is 0 Å². The zero-order valence-corrected chi connectivity index (χ0v) is 21.0. The molecule has 1 aliphatic rings. The van der Waals surface area contributed by atoms with E-state index in [9.17, 15) is 4.79 Å². The van der Waals surface area contributed by atoms with Crippen LogP contribution in [-0.4, -0.2) is 38.1 Å². The Hall–Kier alpha value is -3.77. The molecule has 186 valence electrons. The molecule has 5 rings (SSSR count). The maximum atomic E-state index is 13.3. The zero-order valence-electron chi connectivity index (χ0n) is 21.0. The minimum Gasteiger partial charge on any atom is -0.493 e. The Bertz CT molecular complexity index is 1340. The van der Waals surface area contributed by atoms with Crippen LogP contribution in [0, 0.1) is 5.92 Å². The summed E-state index contributed by atoms with van der Waals surface area (Å²) in [6.45, 7) is 4.12. The van der Waals surface area contributed by atoms with Crippen LogP contribution >= 0.6 is 0 Å². The Labute approximate surface area is 211 Å². The SMILES string of the molecule is COc1cccc([C@H](c2oc3ccccc3c2NC(=O)c2ccccc2)N2CCC(C)CC2)c1OC. The number of hydrogen-bond donors (Lipinski definition) is 1. The third kappa shape index (κ3) is 4.56. The second-order valence-electron chi connectivity index (χ2n) is 9.36. The molecule has 0 spiro atoms. The Morgan fingerprint density at radius 1 is 0.944 bits per heavy atom. The van der Waals surface area contributed by atoms with Gasteiger partial charge in [0.1, 0.15) is 5.58 Å². The van der Waals surface area contributed by atoms with Gasteiger partial charge >= 0.3 is 0 Å². The highest BCUT2D eigenvalue weighted by molar-refractivity contribution is 6.09. The molecule has 1 N–H and O–H groups in total. The molecule has 1 amide bonds. The number of piperidine rings is 1. The van der Waals surface area contributed by atoms with E-state index >= 15 is 0 Å². The van der Waals surface area contributed by atoms with E-state index in [0.29, 0.717) is 34.4 Å². The van der Waals surface area contributed by atoms with Crippen molar-refractivity contribution in [1.82, 2.24) is 4.90 Å². The standard InChI is InChI=1S/C30H32N2O4/c1-20-16-18-32(19-17-20)27(23-13-9-15-25(34-2)28(23)35-3)29-26(22-12-7-8-14-24(22)36-29)31-30(33)21-10-5-4-6-11-21/h4-15,20,27H,16-19H2,1-3H3,(H,31,33)/t27-/m1/s1. The summed E-state index contributed by atoms with van der Waals surface area (Å²) in [6, 6.07) is 22.7. The monoisotopic (exact) mass is 484 g/mol. The van der Waals surface area contributed by atoms with Crippen molar-refractivity contribution >= 4 is 22.6 Å². The maximum absolute atomic E-state index is 13.3. The van der Waals surface area contributed by atoms with Crippen molar-refractivity contribution < 1.29 is 18.7 Å². The molecule has 3 aromatic carbocycles. The Morgan fingerprint density at radius 3 is 2.39 bits per heavy atom. The summed E-state index contributed by atoms with van der Waals surface area (Å²) in [6.07, 6.45) is 2.18. The van der Waals surface area contributed by atoms with Crippen LogP contribution in [0.3, 0.4) is 0 Å². The number of ether oxygens (including phenoxy) is 2. The van der Waals surface area contributed by atoms with Crippen molar-refractivity contribution in [2.75, 3.05) is 32.6 Å². The number of anilines is 1. The highest BCUT2D eigenvalue weighted by atomic mass is 16.5. The van der Waals surface area contributed by atoms with Crippen LogP contribution in [0.5, 0.6) is 11.5 Å². The zero-order chi connectivity index (χ0) is 25.1. The molecule has 0 radical (unpaired) electrons. The van der Waals surface area contributed by atoms with Crippen LogP contribution in [0.1, 0.15) is 47.5 Å². The van der Waals surface area contributed by atoms with E-state index in [0.717, 1.165) is 42.5 Å². The molecule has 0 saturated carbocycles. The number of para-hydroxylation sites is 2. The fraction of sp³-hybridized carbons (Fsp3) is 0.300. The van der Waals surface area contributed by atoms with Gasteiger partial charge < -0.3 is 19.2 Å². The Balaban J connectivity index is 1.68. The molecule has 2 heterocycles. The Kier molecular flexibility index (Phi) is 6.96. The number of hydrogen-bond acceptors (Lipinski definition) is 5. The van der Waals surface area contributed by atoms with Gasteiger partial charge in [-0.25, -0.2) is 0 Å². The third-order valence-corrected chi connectivity index (χ3v) is 7.06. The highest BCUT2D eigenvalue weighted by Gasteiger charge is 2.35. The summed E-state index contributed by atoms with van der Waals surface area (Å²) in [5.74, 6) is 2.52. The van der Waals surface area contributed by atoms with Crippen molar-refractivity contribution in [3.05, 3.63) is 89.7 Å². The number of carbonyl (C=O) groups excluding carboxylic acids is 1. The number of furan rings is 1.